The summed E-state index contributed by atoms with van der Waals surface area (Å²) in [7, 11) is 0. The monoisotopic (exact) mass is 613 g/mol. The van der Waals surface area contributed by atoms with Gasteiger partial charge >= 0.3 is 0 Å². The fourth-order valence-electron chi connectivity index (χ4n) is 4.90. The van der Waals surface area contributed by atoms with Crippen molar-refractivity contribution in [2.75, 3.05) is 11.9 Å². The van der Waals surface area contributed by atoms with Gasteiger partial charge < -0.3 is 15.2 Å². The van der Waals surface area contributed by atoms with Crippen molar-refractivity contribution in [1.82, 2.24) is 0 Å². The van der Waals surface area contributed by atoms with E-state index >= 15 is 0 Å². The zero-order valence-corrected chi connectivity index (χ0v) is 26.3. The van der Waals surface area contributed by atoms with Crippen LogP contribution >= 0.6 is 22.6 Å². The van der Waals surface area contributed by atoms with Crippen LogP contribution in [-0.4, -0.2) is 21.4 Å². The number of aliphatic hydroxyl groups is 1. The van der Waals surface area contributed by atoms with Gasteiger partial charge in [0.1, 0.15) is 9.86 Å². The average Bonchev–Trinajstić information content (AvgIpc) is 2.82. The highest BCUT2D eigenvalue weighted by atomic mass is 127. The van der Waals surface area contributed by atoms with Gasteiger partial charge in [-0.25, -0.2) is 0 Å². The van der Waals surface area contributed by atoms with Crippen LogP contribution < -0.4 is 10.1 Å². The van der Waals surface area contributed by atoms with Crippen LogP contribution in [-0.2, 0) is 0 Å². The second-order valence-electron chi connectivity index (χ2n) is 11.0. The summed E-state index contributed by atoms with van der Waals surface area (Å²) in [5, 5.41) is 12.6. The van der Waals surface area contributed by atoms with Crippen LogP contribution in [0.5, 0.6) is 5.75 Å². The summed E-state index contributed by atoms with van der Waals surface area (Å²) < 4.78 is 5.39. The van der Waals surface area contributed by atoms with E-state index in [1.165, 1.54) is 113 Å². The fourth-order valence-corrected chi connectivity index (χ4v) is 5.34. The molecule has 1 heterocycles. The van der Waals surface area contributed by atoms with Crippen molar-refractivity contribution in [3.05, 3.63) is 29.8 Å². The van der Waals surface area contributed by atoms with Crippen molar-refractivity contribution in [2.45, 2.75) is 147 Å². The number of benzene rings is 1. The number of ether oxygens (including phenoxy) is 1. The first-order valence-electron chi connectivity index (χ1n) is 14.9. The van der Waals surface area contributed by atoms with Crippen molar-refractivity contribution < 1.29 is 9.84 Å². The van der Waals surface area contributed by atoms with Gasteiger partial charge in [-0.3, -0.25) is 0 Å². The molecular weight excluding hydrogens is 557 g/mol. The minimum atomic E-state index is -0.130. The molecule has 1 aliphatic rings. The molecule has 0 aliphatic carbocycles. The summed E-state index contributed by atoms with van der Waals surface area (Å²) in [4.78, 5) is 0. The third-order valence-electron chi connectivity index (χ3n) is 6.81. The zero-order valence-electron chi connectivity index (χ0n) is 24.1. The Labute approximate surface area is 237 Å². The molecule has 0 bridgehead atoms. The molecule has 0 aromatic heterocycles. The maximum absolute atomic E-state index is 9.14. The van der Waals surface area contributed by atoms with Crippen LogP contribution in [0, 0.1) is 0 Å². The number of hydrogen-bond donors (Lipinski definition) is 2. The Balaban J connectivity index is 0.000000367. The Hall–Kier alpha value is -0.750. The number of halogens is 1. The third kappa shape index (κ3) is 16.2. The molecule has 1 aromatic carbocycles. The number of alkyl halides is 1. The first-order chi connectivity index (χ1) is 17.3. The fraction of sp³-hybridized carbons (Fsp3) is 0.750. The molecule has 2 N–H and O–H groups in total. The van der Waals surface area contributed by atoms with Crippen LogP contribution in [0.3, 0.4) is 0 Å². The molecule has 3 nitrogen and oxygen atoms in total. The lowest BCUT2D eigenvalue weighted by molar-refractivity contribution is 0.263. The largest absolute Gasteiger partial charge is 0.494 e. The first-order valence-corrected chi connectivity index (χ1v) is 16.1. The van der Waals surface area contributed by atoms with Crippen LogP contribution in [0.25, 0.3) is 5.57 Å². The van der Waals surface area contributed by atoms with Gasteiger partial charge in [-0.1, -0.05) is 132 Å². The summed E-state index contributed by atoms with van der Waals surface area (Å²) in [5.74, 6) is 0.940. The third-order valence-corrected chi connectivity index (χ3v) is 7.43. The van der Waals surface area contributed by atoms with Crippen molar-refractivity contribution >= 4 is 33.9 Å². The maximum Gasteiger partial charge on any atom is 0.120 e. The molecule has 0 spiro atoms. The molecule has 1 atom stereocenters. The molecule has 0 saturated carbocycles. The average molecular weight is 614 g/mol. The number of allylic oxidation sites excluding steroid dienone is 1. The summed E-state index contributed by atoms with van der Waals surface area (Å²) >= 11 is 2.10. The van der Waals surface area contributed by atoms with Crippen LogP contribution in [0.15, 0.2) is 24.3 Å². The number of aliphatic hydroxyl groups excluding tert-OH is 1. The normalized spacial score (nSPS) is 14.7. The molecule has 2 rings (SSSR count). The van der Waals surface area contributed by atoms with Crippen LogP contribution in [0.1, 0.15) is 143 Å². The van der Waals surface area contributed by atoms with Gasteiger partial charge in [0, 0.05) is 11.3 Å². The van der Waals surface area contributed by atoms with Gasteiger partial charge in [0.2, 0.25) is 0 Å². The van der Waals surface area contributed by atoms with Gasteiger partial charge in [-0.15, -0.1) is 0 Å². The van der Waals surface area contributed by atoms with Gasteiger partial charge in [0.15, 0.2) is 0 Å². The number of rotatable bonds is 18. The van der Waals surface area contributed by atoms with E-state index in [9.17, 15) is 0 Å². The molecule has 0 amide bonds. The summed E-state index contributed by atoms with van der Waals surface area (Å²) in [6.07, 6.45) is 24.3. The van der Waals surface area contributed by atoms with Crippen molar-refractivity contribution in [3.63, 3.8) is 0 Å². The molecule has 0 fully saturated rings. The van der Waals surface area contributed by atoms with E-state index in [0.717, 1.165) is 12.2 Å². The van der Waals surface area contributed by atoms with E-state index in [-0.39, 0.29) is 9.65 Å². The van der Waals surface area contributed by atoms with Crippen LogP contribution in [0.4, 0.5) is 5.69 Å². The molecule has 4 heteroatoms. The Morgan fingerprint density at radius 3 is 1.81 bits per heavy atom. The Bertz CT molecular complexity index is 714. The van der Waals surface area contributed by atoms with E-state index in [1.807, 2.05) is 13.0 Å². The number of fused-ring (bicyclic) bond motifs is 1. The molecule has 1 aromatic rings. The van der Waals surface area contributed by atoms with Gasteiger partial charge in [0.25, 0.3) is 0 Å². The lowest BCUT2D eigenvalue weighted by Gasteiger charge is -2.31. The minimum Gasteiger partial charge on any atom is -0.494 e. The van der Waals surface area contributed by atoms with Crippen LogP contribution in [0.2, 0.25) is 0 Å². The van der Waals surface area contributed by atoms with Crippen molar-refractivity contribution in [3.8, 4) is 5.75 Å². The Kier molecular flexibility index (Phi) is 18.7. The van der Waals surface area contributed by atoms with E-state index in [1.54, 1.807) is 0 Å². The molecular formula is C32H56INO2. The predicted octanol–water partition coefficient (Wildman–Crippen LogP) is 10.7. The summed E-state index contributed by atoms with van der Waals surface area (Å²) in [6, 6.07) is 6.22. The van der Waals surface area contributed by atoms with Gasteiger partial charge in [-0.05, 0) is 57.9 Å². The maximum atomic E-state index is 9.14. The van der Waals surface area contributed by atoms with Crippen molar-refractivity contribution in [2.24, 2.45) is 0 Å². The van der Waals surface area contributed by atoms with E-state index in [0.29, 0.717) is 6.61 Å². The van der Waals surface area contributed by atoms with Crippen molar-refractivity contribution in [1.29, 1.82) is 0 Å². The molecule has 1 unspecified atom stereocenters. The van der Waals surface area contributed by atoms with E-state index in [2.05, 4.69) is 73.8 Å². The lowest BCUT2D eigenvalue weighted by atomic mass is 9.91. The van der Waals surface area contributed by atoms with Gasteiger partial charge in [0.05, 0.1) is 12.1 Å². The van der Waals surface area contributed by atoms with E-state index < -0.39 is 0 Å². The summed E-state index contributed by atoms with van der Waals surface area (Å²) in [5.41, 5.74) is 3.77. The number of hydrogen-bond acceptors (Lipinski definition) is 3. The predicted molar refractivity (Wildman–Crippen MR) is 169 cm³/mol. The quantitative estimate of drug-likeness (QED) is 0.0983. The highest BCUT2D eigenvalue weighted by Gasteiger charge is 2.22. The van der Waals surface area contributed by atoms with Gasteiger partial charge in [-0.2, -0.15) is 0 Å². The number of unbranched alkanes of at least 4 members (excludes halogenated alkanes) is 14. The Morgan fingerprint density at radius 1 is 0.833 bits per heavy atom. The summed E-state index contributed by atoms with van der Waals surface area (Å²) in [6.45, 7) is 11.5. The SMILES string of the molecule is CCCCCCCCCCCCCCCCCC(O)I.CCOc1ccc2c(c1)C(C)=CC(C)(C)N2. The highest BCUT2D eigenvalue weighted by Crippen LogP contribution is 2.35. The van der Waals surface area contributed by atoms with E-state index in [4.69, 9.17) is 9.84 Å². The molecule has 208 valence electrons. The second-order valence-corrected chi connectivity index (χ2v) is 12.4. The number of anilines is 1. The lowest BCUT2D eigenvalue weighted by Crippen LogP contribution is -2.31. The topological polar surface area (TPSA) is 41.5 Å². The smallest absolute Gasteiger partial charge is 0.120 e. The molecule has 36 heavy (non-hydrogen) atoms. The zero-order chi connectivity index (χ0) is 26.7. The highest BCUT2D eigenvalue weighted by molar-refractivity contribution is 14.1. The minimum absolute atomic E-state index is 0.0320. The molecule has 0 radical (unpaired) electrons. The number of nitrogens with one attached hydrogen (secondary N) is 1. The molecule has 1 aliphatic heterocycles. The first kappa shape index (κ1) is 33.3. The Morgan fingerprint density at radius 2 is 1.33 bits per heavy atom. The standard InChI is InChI=1S/C18H37IO.C14H19NO/c1-2-3-4-5-6-7-8-9-10-11-12-13-14-15-16-17-18(19)20;1-5-16-11-6-7-13-12(8-11)10(2)9-14(3,4)15-13/h18,20H,2-17H2,1H3;6-9,15H,5H2,1-4H3. The molecule has 0 saturated heterocycles. The second kappa shape index (κ2) is 20.2.